The Labute approximate surface area is 87.1 Å². The van der Waals surface area contributed by atoms with E-state index in [4.69, 9.17) is 5.73 Å². The van der Waals surface area contributed by atoms with E-state index in [2.05, 4.69) is 0 Å². The molecule has 0 fully saturated rings. The summed E-state index contributed by atoms with van der Waals surface area (Å²) < 4.78 is 12.3. The van der Waals surface area contributed by atoms with Crippen LogP contribution in [0.1, 0.15) is 28.8 Å². The summed E-state index contributed by atoms with van der Waals surface area (Å²) >= 11 is 0. The molecular weight excluding hydrogens is 197 g/mol. The van der Waals surface area contributed by atoms with E-state index in [1.54, 1.807) is 18.2 Å². The first-order chi connectivity index (χ1) is 7.13. The monoisotopic (exact) mass is 209 g/mol. The summed E-state index contributed by atoms with van der Waals surface area (Å²) in [4.78, 5) is 22.0. The Bertz CT molecular complexity index is 377. The number of rotatable bonds is 5. The van der Waals surface area contributed by atoms with Crippen molar-refractivity contribution in [2.24, 2.45) is 5.73 Å². The van der Waals surface area contributed by atoms with Crippen molar-refractivity contribution in [1.29, 1.82) is 0 Å². The van der Waals surface area contributed by atoms with Crippen LogP contribution in [-0.2, 0) is 11.5 Å². The molecule has 1 amide bonds. The number of halogens is 1. The topological polar surface area (TPSA) is 60.2 Å². The zero-order chi connectivity index (χ0) is 11.3. The Balaban J connectivity index is 2.69. The largest absolute Gasteiger partial charge is 0.370 e. The van der Waals surface area contributed by atoms with E-state index in [-0.39, 0.29) is 18.6 Å². The minimum atomic E-state index is -0.600. The first-order valence-electron chi connectivity index (χ1n) is 4.60. The van der Waals surface area contributed by atoms with Crippen LogP contribution in [0.5, 0.6) is 0 Å². The summed E-state index contributed by atoms with van der Waals surface area (Å²) in [5.74, 6) is -0.700. The Morgan fingerprint density at radius 3 is 2.60 bits per heavy atom. The van der Waals surface area contributed by atoms with Crippen LogP contribution in [0.15, 0.2) is 24.3 Å². The molecule has 0 spiro atoms. The minimum absolute atomic E-state index is 0.0265. The second kappa shape index (κ2) is 5.24. The van der Waals surface area contributed by atoms with Crippen molar-refractivity contribution >= 4 is 11.7 Å². The number of carbonyl (C=O) groups is 2. The van der Waals surface area contributed by atoms with Gasteiger partial charge in [0.1, 0.15) is 6.67 Å². The molecule has 4 heteroatoms. The fourth-order valence-electron chi connectivity index (χ4n) is 1.21. The summed E-state index contributed by atoms with van der Waals surface area (Å²) in [5.41, 5.74) is 5.80. The van der Waals surface area contributed by atoms with Crippen molar-refractivity contribution in [1.82, 2.24) is 0 Å². The SMILES string of the molecule is NC(=O)CCC(=O)c1cccc(CF)c1. The van der Waals surface area contributed by atoms with Gasteiger partial charge in [-0.2, -0.15) is 0 Å². The van der Waals surface area contributed by atoms with Crippen molar-refractivity contribution in [3.8, 4) is 0 Å². The standard InChI is InChI=1S/C11H12FNO2/c12-7-8-2-1-3-9(6-8)10(14)4-5-11(13)15/h1-3,6H,4-5,7H2,(H2,13,15). The molecule has 0 aliphatic rings. The number of hydrogen-bond donors (Lipinski definition) is 1. The van der Waals surface area contributed by atoms with Crippen LogP contribution in [0, 0.1) is 0 Å². The number of alkyl halides is 1. The molecule has 0 bridgehead atoms. The highest BCUT2D eigenvalue weighted by Crippen LogP contribution is 2.09. The van der Waals surface area contributed by atoms with Crippen LogP contribution in [0.25, 0.3) is 0 Å². The molecule has 0 aromatic heterocycles. The van der Waals surface area contributed by atoms with Crippen LogP contribution >= 0.6 is 0 Å². The molecule has 0 aliphatic carbocycles. The van der Waals surface area contributed by atoms with Gasteiger partial charge < -0.3 is 5.73 Å². The Kier molecular flexibility index (Phi) is 3.97. The summed E-state index contributed by atoms with van der Waals surface area (Å²) in [6.07, 6.45) is 0.101. The summed E-state index contributed by atoms with van der Waals surface area (Å²) in [6.45, 7) is -0.600. The van der Waals surface area contributed by atoms with Crippen molar-refractivity contribution in [2.75, 3.05) is 0 Å². The number of nitrogens with two attached hydrogens (primary N) is 1. The lowest BCUT2D eigenvalue weighted by atomic mass is 10.0. The number of primary amides is 1. The van der Waals surface area contributed by atoms with Crippen molar-refractivity contribution in [2.45, 2.75) is 19.5 Å². The van der Waals surface area contributed by atoms with Crippen LogP contribution in [-0.4, -0.2) is 11.7 Å². The molecule has 1 aromatic rings. The van der Waals surface area contributed by atoms with E-state index in [0.29, 0.717) is 11.1 Å². The molecule has 15 heavy (non-hydrogen) atoms. The predicted octanol–water partition coefficient (Wildman–Crippen LogP) is 1.60. The number of hydrogen-bond acceptors (Lipinski definition) is 2. The molecule has 0 saturated carbocycles. The summed E-state index contributed by atoms with van der Waals surface area (Å²) in [5, 5.41) is 0. The predicted molar refractivity (Wildman–Crippen MR) is 54.0 cm³/mol. The van der Waals surface area contributed by atoms with Gasteiger partial charge >= 0.3 is 0 Å². The molecule has 0 atom stereocenters. The maximum atomic E-state index is 12.3. The molecule has 2 N–H and O–H groups in total. The quantitative estimate of drug-likeness (QED) is 0.749. The highest BCUT2D eigenvalue weighted by atomic mass is 19.1. The number of ketones is 1. The van der Waals surface area contributed by atoms with E-state index in [1.807, 2.05) is 0 Å². The number of amides is 1. The average Bonchev–Trinajstić information content (AvgIpc) is 2.26. The van der Waals surface area contributed by atoms with E-state index in [0.717, 1.165) is 0 Å². The number of benzene rings is 1. The third-order valence-corrected chi connectivity index (χ3v) is 2.00. The third kappa shape index (κ3) is 3.50. The van der Waals surface area contributed by atoms with Gasteiger partial charge in [-0.15, -0.1) is 0 Å². The zero-order valence-corrected chi connectivity index (χ0v) is 8.20. The average molecular weight is 209 g/mol. The third-order valence-electron chi connectivity index (χ3n) is 2.00. The maximum absolute atomic E-state index is 12.3. The lowest BCUT2D eigenvalue weighted by Gasteiger charge is -2.01. The van der Waals surface area contributed by atoms with Gasteiger partial charge in [-0.3, -0.25) is 9.59 Å². The number of Topliss-reactive ketones (excluding diaryl/α,β-unsaturated/α-hetero) is 1. The Morgan fingerprint density at radius 2 is 2.00 bits per heavy atom. The van der Waals surface area contributed by atoms with Crippen LogP contribution in [0.3, 0.4) is 0 Å². The van der Waals surface area contributed by atoms with Gasteiger partial charge in [0.2, 0.25) is 5.91 Å². The minimum Gasteiger partial charge on any atom is -0.370 e. The van der Waals surface area contributed by atoms with Gasteiger partial charge in [0.25, 0.3) is 0 Å². The molecule has 1 rings (SSSR count). The van der Waals surface area contributed by atoms with Crippen molar-refractivity contribution in [3.05, 3.63) is 35.4 Å². The fourth-order valence-corrected chi connectivity index (χ4v) is 1.21. The van der Waals surface area contributed by atoms with E-state index >= 15 is 0 Å². The Hall–Kier alpha value is -1.71. The smallest absolute Gasteiger partial charge is 0.217 e. The highest BCUT2D eigenvalue weighted by molar-refractivity contribution is 5.97. The Morgan fingerprint density at radius 1 is 1.27 bits per heavy atom. The van der Waals surface area contributed by atoms with E-state index < -0.39 is 12.6 Å². The van der Waals surface area contributed by atoms with E-state index in [1.165, 1.54) is 6.07 Å². The molecule has 80 valence electrons. The van der Waals surface area contributed by atoms with Crippen LogP contribution in [0.2, 0.25) is 0 Å². The van der Waals surface area contributed by atoms with Crippen LogP contribution in [0.4, 0.5) is 4.39 Å². The molecule has 0 unspecified atom stereocenters. The molecule has 0 radical (unpaired) electrons. The van der Waals surface area contributed by atoms with Crippen molar-refractivity contribution in [3.63, 3.8) is 0 Å². The zero-order valence-electron chi connectivity index (χ0n) is 8.20. The normalized spacial score (nSPS) is 9.93. The maximum Gasteiger partial charge on any atom is 0.217 e. The van der Waals surface area contributed by atoms with Crippen LogP contribution < -0.4 is 5.73 Å². The highest BCUT2D eigenvalue weighted by Gasteiger charge is 2.07. The number of carbonyl (C=O) groups excluding carboxylic acids is 2. The van der Waals surface area contributed by atoms with Gasteiger partial charge in [-0.1, -0.05) is 18.2 Å². The van der Waals surface area contributed by atoms with Gasteiger partial charge in [-0.05, 0) is 11.6 Å². The lowest BCUT2D eigenvalue weighted by Crippen LogP contribution is -2.12. The first-order valence-corrected chi connectivity index (χ1v) is 4.60. The fraction of sp³-hybridized carbons (Fsp3) is 0.273. The lowest BCUT2D eigenvalue weighted by molar-refractivity contribution is -0.118. The van der Waals surface area contributed by atoms with Gasteiger partial charge in [0, 0.05) is 18.4 Å². The molecule has 1 aromatic carbocycles. The first kappa shape index (κ1) is 11.4. The molecule has 0 aliphatic heterocycles. The van der Waals surface area contributed by atoms with Gasteiger partial charge in [0.05, 0.1) is 0 Å². The second-order valence-corrected chi connectivity index (χ2v) is 3.22. The molecule has 0 saturated heterocycles. The summed E-state index contributed by atoms with van der Waals surface area (Å²) in [7, 11) is 0. The molecule has 0 heterocycles. The van der Waals surface area contributed by atoms with Gasteiger partial charge in [-0.25, -0.2) is 4.39 Å². The molecule has 3 nitrogen and oxygen atoms in total. The van der Waals surface area contributed by atoms with Gasteiger partial charge in [0.15, 0.2) is 5.78 Å². The summed E-state index contributed by atoms with van der Waals surface area (Å²) in [6, 6.07) is 6.31. The van der Waals surface area contributed by atoms with E-state index in [9.17, 15) is 14.0 Å². The molecular formula is C11H12FNO2. The van der Waals surface area contributed by atoms with Crippen molar-refractivity contribution < 1.29 is 14.0 Å². The second-order valence-electron chi connectivity index (χ2n) is 3.22.